The number of rotatable bonds is 2. The molecule has 3 heterocycles. The maximum atomic E-state index is 4.43. The molecule has 0 radical (unpaired) electrons. The Bertz CT molecular complexity index is 713. The van der Waals surface area contributed by atoms with Crippen molar-refractivity contribution >= 4 is 27.1 Å². The first kappa shape index (κ1) is 11.3. The second kappa shape index (κ2) is 4.16. The Morgan fingerprint density at radius 2 is 2.17 bits per heavy atom. The molecule has 0 aliphatic heterocycles. The van der Waals surface area contributed by atoms with Crippen molar-refractivity contribution in [3.05, 3.63) is 34.7 Å². The van der Waals surface area contributed by atoms with Crippen LogP contribution in [0.1, 0.15) is 11.6 Å². The summed E-state index contributed by atoms with van der Waals surface area (Å²) in [5.74, 6) is 1.67. The highest BCUT2D eigenvalue weighted by Crippen LogP contribution is 2.19. The highest BCUT2D eigenvalue weighted by atomic mass is 79.9. The van der Waals surface area contributed by atoms with Gasteiger partial charge in [0.2, 0.25) is 0 Å². The molecule has 92 valence electrons. The number of nitrogens with zero attached hydrogens (tertiary/aromatic N) is 6. The van der Waals surface area contributed by atoms with Crippen LogP contribution < -0.4 is 0 Å². The molecule has 0 bridgehead atoms. The summed E-state index contributed by atoms with van der Waals surface area (Å²) in [4.78, 5) is 12.9. The lowest BCUT2D eigenvalue weighted by molar-refractivity contribution is 0.699. The molecule has 0 saturated carbocycles. The van der Waals surface area contributed by atoms with Crippen molar-refractivity contribution in [2.45, 2.75) is 13.5 Å². The molecule has 0 N–H and O–H groups in total. The smallest absolute Gasteiger partial charge is 0.177 e. The van der Waals surface area contributed by atoms with Crippen LogP contribution in [0.3, 0.4) is 0 Å². The quantitative estimate of drug-likeness (QED) is 0.722. The maximum Gasteiger partial charge on any atom is 0.177 e. The van der Waals surface area contributed by atoms with Crippen LogP contribution in [-0.2, 0) is 13.6 Å². The van der Waals surface area contributed by atoms with Gasteiger partial charge in [0.25, 0.3) is 0 Å². The molecule has 3 rings (SSSR count). The van der Waals surface area contributed by atoms with Crippen molar-refractivity contribution < 1.29 is 0 Å². The third-order valence-electron chi connectivity index (χ3n) is 2.71. The zero-order chi connectivity index (χ0) is 12.7. The highest BCUT2D eigenvalue weighted by molar-refractivity contribution is 9.10. The summed E-state index contributed by atoms with van der Waals surface area (Å²) >= 11 is 3.43. The Hall–Kier alpha value is -1.76. The second-order valence-electron chi connectivity index (χ2n) is 4.08. The first-order valence-electron chi connectivity index (χ1n) is 5.46. The summed E-state index contributed by atoms with van der Waals surface area (Å²) in [5, 5.41) is 4.28. The van der Waals surface area contributed by atoms with Gasteiger partial charge in [-0.1, -0.05) is 0 Å². The molecule has 3 aromatic rings. The molecule has 0 spiro atoms. The van der Waals surface area contributed by atoms with Gasteiger partial charge in [-0.3, -0.25) is 4.68 Å². The Kier molecular flexibility index (Phi) is 2.62. The molecule has 0 saturated heterocycles. The van der Waals surface area contributed by atoms with Crippen LogP contribution in [0.25, 0.3) is 11.2 Å². The Labute approximate surface area is 112 Å². The zero-order valence-electron chi connectivity index (χ0n) is 10.0. The van der Waals surface area contributed by atoms with Gasteiger partial charge in [-0.05, 0) is 28.9 Å². The number of aromatic nitrogens is 6. The van der Waals surface area contributed by atoms with Gasteiger partial charge in [0.05, 0.1) is 12.1 Å². The molecule has 6 nitrogen and oxygen atoms in total. The monoisotopic (exact) mass is 306 g/mol. The van der Waals surface area contributed by atoms with Crippen molar-refractivity contribution in [1.29, 1.82) is 0 Å². The van der Waals surface area contributed by atoms with Crippen molar-refractivity contribution in [2.75, 3.05) is 0 Å². The van der Waals surface area contributed by atoms with Crippen molar-refractivity contribution in [2.24, 2.45) is 7.05 Å². The minimum Gasteiger partial charge on any atom is -0.319 e. The normalized spacial score (nSPS) is 11.3. The van der Waals surface area contributed by atoms with E-state index in [0.717, 1.165) is 27.3 Å². The van der Waals surface area contributed by atoms with Crippen LogP contribution in [0.2, 0.25) is 0 Å². The van der Waals surface area contributed by atoms with E-state index in [0.29, 0.717) is 6.54 Å². The molecule has 0 aliphatic rings. The van der Waals surface area contributed by atoms with Crippen LogP contribution in [-0.4, -0.2) is 29.3 Å². The van der Waals surface area contributed by atoms with Gasteiger partial charge >= 0.3 is 0 Å². The highest BCUT2D eigenvalue weighted by Gasteiger charge is 2.11. The van der Waals surface area contributed by atoms with Crippen LogP contribution >= 0.6 is 15.9 Å². The third-order valence-corrected chi connectivity index (χ3v) is 3.14. The SMILES string of the molecule is Cc1nc2ncc(Br)cc2n1Cc1ncn(C)n1. The fourth-order valence-electron chi connectivity index (χ4n) is 1.89. The molecule has 0 atom stereocenters. The molecular formula is C11H11BrN6. The van der Waals surface area contributed by atoms with Crippen molar-refractivity contribution in [3.8, 4) is 0 Å². The maximum absolute atomic E-state index is 4.43. The number of fused-ring (bicyclic) bond motifs is 1. The Morgan fingerprint density at radius 1 is 1.33 bits per heavy atom. The predicted molar refractivity (Wildman–Crippen MR) is 70.1 cm³/mol. The standard InChI is InChI=1S/C11H11BrN6/c1-7-15-11-9(3-8(12)4-13-11)18(7)5-10-14-6-17(2)16-10/h3-4,6H,5H2,1-2H3. The summed E-state index contributed by atoms with van der Waals surface area (Å²) in [6.07, 6.45) is 3.44. The van der Waals surface area contributed by atoms with Crippen molar-refractivity contribution in [1.82, 2.24) is 29.3 Å². The Balaban J connectivity index is 2.10. The average molecular weight is 307 g/mol. The van der Waals surface area contributed by atoms with Gasteiger partial charge in [-0.2, -0.15) is 5.10 Å². The molecular weight excluding hydrogens is 296 g/mol. The predicted octanol–water partition coefficient (Wildman–Crippen LogP) is 1.68. The molecule has 0 aliphatic carbocycles. The van der Waals surface area contributed by atoms with Crippen LogP contribution in [0.15, 0.2) is 23.1 Å². The number of hydrogen-bond acceptors (Lipinski definition) is 4. The van der Waals surface area contributed by atoms with Crippen molar-refractivity contribution in [3.63, 3.8) is 0 Å². The van der Waals surface area contributed by atoms with Gasteiger partial charge in [-0.15, -0.1) is 0 Å². The number of aryl methyl sites for hydroxylation is 2. The second-order valence-corrected chi connectivity index (χ2v) is 4.99. The van der Waals surface area contributed by atoms with E-state index < -0.39 is 0 Å². The minimum absolute atomic E-state index is 0.599. The van der Waals surface area contributed by atoms with Crippen LogP contribution in [0.5, 0.6) is 0 Å². The van der Waals surface area contributed by atoms with Crippen LogP contribution in [0, 0.1) is 6.92 Å². The Morgan fingerprint density at radius 3 is 2.89 bits per heavy atom. The van der Waals surface area contributed by atoms with Gasteiger partial charge in [0.1, 0.15) is 12.2 Å². The topological polar surface area (TPSA) is 61.4 Å². The lowest BCUT2D eigenvalue weighted by atomic mass is 10.4. The van der Waals surface area contributed by atoms with E-state index in [1.807, 2.05) is 20.0 Å². The van der Waals surface area contributed by atoms with E-state index in [-0.39, 0.29) is 0 Å². The third kappa shape index (κ3) is 1.90. The van der Waals surface area contributed by atoms with Gasteiger partial charge in [-0.25, -0.2) is 15.0 Å². The largest absolute Gasteiger partial charge is 0.319 e. The van der Waals surface area contributed by atoms with Gasteiger partial charge in [0, 0.05) is 17.7 Å². The fraction of sp³-hybridized carbons (Fsp3) is 0.273. The molecule has 0 aromatic carbocycles. The average Bonchev–Trinajstić information content (AvgIpc) is 2.86. The molecule has 18 heavy (non-hydrogen) atoms. The van der Waals surface area contributed by atoms with E-state index in [1.165, 1.54) is 0 Å². The molecule has 7 heteroatoms. The lowest BCUT2D eigenvalue weighted by Crippen LogP contribution is -2.04. The van der Waals surface area contributed by atoms with Crippen LogP contribution in [0.4, 0.5) is 0 Å². The lowest BCUT2D eigenvalue weighted by Gasteiger charge is -2.03. The summed E-state index contributed by atoms with van der Waals surface area (Å²) in [5.41, 5.74) is 1.72. The van der Waals surface area contributed by atoms with E-state index in [9.17, 15) is 0 Å². The number of halogens is 1. The van der Waals surface area contributed by atoms with E-state index in [1.54, 1.807) is 17.2 Å². The number of imidazole rings is 1. The minimum atomic E-state index is 0.599. The summed E-state index contributed by atoms with van der Waals surface area (Å²) in [7, 11) is 1.85. The first-order chi connectivity index (χ1) is 8.63. The molecule has 0 amide bonds. The zero-order valence-corrected chi connectivity index (χ0v) is 11.6. The summed E-state index contributed by atoms with van der Waals surface area (Å²) < 4.78 is 4.69. The molecule has 0 fully saturated rings. The summed E-state index contributed by atoms with van der Waals surface area (Å²) in [6.45, 7) is 2.56. The first-order valence-corrected chi connectivity index (χ1v) is 6.25. The van der Waals surface area contributed by atoms with Gasteiger partial charge in [0.15, 0.2) is 11.5 Å². The summed E-state index contributed by atoms with van der Waals surface area (Å²) in [6, 6.07) is 2.01. The molecule has 3 aromatic heterocycles. The molecule has 0 unspecified atom stereocenters. The number of hydrogen-bond donors (Lipinski definition) is 0. The number of pyridine rings is 1. The fourth-order valence-corrected chi connectivity index (χ4v) is 2.21. The van der Waals surface area contributed by atoms with E-state index in [4.69, 9.17) is 0 Å². The van der Waals surface area contributed by atoms with E-state index in [2.05, 4.69) is 40.5 Å². The van der Waals surface area contributed by atoms with Gasteiger partial charge < -0.3 is 4.57 Å². The van der Waals surface area contributed by atoms with E-state index >= 15 is 0 Å².